The Balaban J connectivity index is 2.61. The highest BCUT2D eigenvalue weighted by atomic mass is 35.5. The molecule has 16 heavy (non-hydrogen) atoms. The van der Waals surface area contributed by atoms with E-state index in [9.17, 15) is 9.18 Å². The summed E-state index contributed by atoms with van der Waals surface area (Å²) < 4.78 is 17.1. The Bertz CT molecular complexity index is 369. The van der Waals surface area contributed by atoms with E-state index in [0.717, 1.165) is 0 Å². The van der Waals surface area contributed by atoms with Crippen molar-refractivity contribution < 1.29 is 13.9 Å². The quantitative estimate of drug-likeness (QED) is 0.576. The predicted molar refractivity (Wildman–Crippen MR) is 62.3 cm³/mol. The maximum atomic E-state index is 11.8. The van der Waals surface area contributed by atoms with Crippen LogP contribution in [0, 0.1) is 0 Å². The molecule has 0 radical (unpaired) electrons. The smallest absolute Gasteiger partial charge is 0.254 e. The van der Waals surface area contributed by atoms with E-state index in [2.05, 4.69) is 0 Å². The third kappa shape index (κ3) is 3.99. The van der Waals surface area contributed by atoms with Gasteiger partial charge in [-0.05, 0) is 42.6 Å². The van der Waals surface area contributed by atoms with Gasteiger partial charge in [0.2, 0.25) is 0 Å². The fourth-order valence-corrected chi connectivity index (χ4v) is 1.54. The van der Waals surface area contributed by atoms with Gasteiger partial charge in [-0.15, -0.1) is 0 Å². The van der Waals surface area contributed by atoms with Gasteiger partial charge >= 0.3 is 0 Å². The van der Waals surface area contributed by atoms with Gasteiger partial charge in [0, 0.05) is 0 Å². The summed E-state index contributed by atoms with van der Waals surface area (Å²) in [4.78, 5) is 11.0. The van der Waals surface area contributed by atoms with Gasteiger partial charge in [0.1, 0.15) is 5.75 Å². The summed E-state index contributed by atoms with van der Waals surface area (Å²) in [5.41, 5.74) is 0.214. The average molecular weight is 265 g/mol. The van der Waals surface area contributed by atoms with Crippen LogP contribution in [0.3, 0.4) is 0 Å². The van der Waals surface area contributed by atoms with E-state index in [4.69, 9.17) is 27.9 Å². The number of rotatable bonds is 6. The van der Waals surface area contributed by atoms with E-state index in [1.54, 1.807) is 12.1 Å². The van der Waals surface area contributed by atoms with E-state index in [1.807, 2.05) is 0 Å². The molecular formula is C11H11Cl2FO2. The normalized spacial score (nSPS) is 10.2. The minimum Gasteiger partial charge on any atom is -0.494 e. The summed E-state index contributed by atoms with van der Waals surface area (Å²) in [6.45, 7) is 0.0524. The Hall–Kier alpha value is -0.800. The van der Waals surface area contributed by atoms with Crippen molar-refractivity contribution in [3.05, 3.63) is 28.8 Å². The Morgan fingerprint density at radius 3 is 2.75 bits per heavy atom. The lowest BCUT2D eigenvalue weighted by Gasteiger charge is -2.07. The van der Waals surface area contributed by atoms with Crippen LogP contribution in [0.25, 0.3) is 0 Å². The van der Waals surface area contributed by atoms with Crippen molar-refractivity contribution in [3.8, 4) is 5.75 Å². The van der Waals surface area contributed by atoms with Gasteiger partial charge in [-0.1, -0.05) is 11.6 Å². The van der Waals surface area contributed by atoms with Crippen LogP contribution >= 0.6 is 23.2 Å². The van der Waals surface area contributed by atoms with Crippen LogP contribution in [0.15, 0.2) is 18.2 Å². The molecule has 88 valence electrons. The van der Waals surface area contributed by atoms with Crippen LogP contribution in [-0.4, -0.2) is 18.5 Å². The summed E-state index contributed by atoms with van der Waals surface area (Å²) >= 11 is 11.1. The molecule has 1 aromatic carbocycles. The van der Waals surface area contributed by atoms with Gasteiger partial charge in [-0.25, -0.2) is 0 Å². The predicted octanol–water partition coefficient (Wildman–Crippen LogP) is 3.85. The van der Waals surface area contributed by atoms with Crippen molar-refractivity contribution in [3.63, 3.8) is 0 Å². The molecule has 0 saturated carbocycles. The molecule has 5 heteroatoms. The highest BCUT2D eigenvalue weighted by molar-refractivity contribution is 6.68. The third-order valence-corrected chi connectivity index (χ3v) is 2.48. The summed E-state index contributed by atoms with van der Waals surface area (Å²) in [7, 11) is 0. The van der Waals surface area contributed by atoms with Gasteiger partial charge in [0.15, 0.2) is 0 Å². The number of halogens is 3. The second-order valence-electron chi connectivity index (χ2n) is 3.16. The van der Waals surface area contributed by atoms with Crippen molar-refractivity contribution >= 4 is 28.4 Å². The minimum absolute atomic E-state index is 0.214. The first-order valence-corrected chi connectivity index (χ1v) is 5.59. The lowest BCUT2D eigenvalue weighted by molar-refractivity contribution is 0.108. The van der Waals surface area contributed by atoms with Crippen molar-refractivity contribution in [2.24, 2.45) is 0 Å². The number of ether oxygens (including phenoxy) is 1. The number of carbonyl (C=O) groups is 1. The van der Waals surface area contributed by atoms with E-state index < -0.39 is 5.24 Å². The molecule has 0 aliphatic rings. The summed E-state index contributed by atoms with van der Waals surface area (Å²) in [5.74, 6) is 0.507. The molecule has 0 saturated heterocycles. The number of carbonyl (C=O) groups excluding carboxylic acids is 1. The van der Waals surface area contributed by atoms with Crippen LogP contribution in [-0.2, 0) is 0 Å². The standard InChI is InChI=1S/C11H11Cl2FO2/c12-10-4-3-8(7-9(10)11(13)15)16-6-2-1-5-14/h3-4,7H,1-2,5-6H2. The van der Waals surface area contributed by atoms with Crippen LogP contribution in [0.1, 0.15) is 23.2 Å². The summed E-state index contributed by atoms with van der Waals surface area (Å²) in [6, 6.07) is 4.66. The Labute approximate surface area is 103 Å². The first kappa shape index (κ1) is 13.3. The Morgan fingerprint density at radius 1 is 1.38 bits per heavy atom. The van der Waals surface area contributed by atoms with Gasteiger partial charge in [0.25, 0.3) is 5.24 Å². The molecule has 0 aromatic heterocycles. The monoisotopic (exact) mass is 264 g/mol. The first-order chi connectivity index (χ1) is 7.65. The highest BCUT2D eigenvalue weighted by Crippen LogP contribution is 2.23. The van der Waals surface area contributed by atoms with Crippen molar-refractivity contribution in [1.29, 1.82) is 0 Å². The van der Waals surface area contributed by atoms with Crippen molar-refractivity contribution in [1.82, 2.24) is 0 Å². The zero-order valence-corrected chi connectivity index (χ0v) is 10.0. The van der Waals surface area contributed by atoms with E-state index in [1.165, 1.54) is 6.07 Å². The van der Waals surface area contributed by atoms with Gasteiger partial charge < -0.3 is 4.74 Å². The molecule has 0 fully saturated rings. The van der Waals surface area contributed by atoms with E-state index in [0.29, 0.717) is 25.2 Å². The second-order valence-corrected chi connectivity index (χ2v) is 3.91. The van der Waals surface area contributed by atoms with Crippen molar-refractivity contribution in [2.45, 2.75) is 12.8 Å². The molecule has 0 spiro atoms. The van der Waals surface area contributed by atoms with Crippen LogP contribution in [0.4, 0.5) is 4.39 Å². The molecular weight excluding hydrogens is 254 g/mol. The number of hydrogen-bond donors (Lipinski definition) is 0. The molecule has 1 rings (SSSR count). The molecule has 0 aliphatic heterocycles. The SMILES string of the molecule is O=C(Cl)c1cc(OCCCCF)ccc1Cl. The van der Waals surface area contributed by atoms with Crippen molar-refractivity contribution in [2.75, 3.05) is 13.3 Å². The van der Waals surface area contributed by atoms with E-state index >= 15 is 0 Å². The fraction of sp³-hybridized carbons (Fsp3) is 0.364. The highest BCUT2D eigenvalue weighted by Gasteiger charge is 2.08. The lowest BCUT2D eigenvalue weighted by Crippen LogP contribution is -1.99. The van der Waals surface area contributed by atoms with Crippen LogP contribution in [0.5, 0.6) is 5.75 Å². The topological polar surface area (TPSA) is 26.3 Å². The summed E-state index contributed by atoms with van der Waals surface area (Å²) in [6.07, 6.45) is 1.10. The Morgan fingerprint density at radius 2 is 2.12 bits per heavy atom. The van der Waals surface area contributed by atoms with Gasteiger partial charge in [-0.2, -0.15) is 0 Å². The molecule has 2 nitrogen and oxygen atoms in total. The fourth-order valence-electron chi connectivity index (χ4n) is 1.13. The van der Waals surface area contributed by atoms with Gasteiger partial charge in [-0.3, -0.25) is 9.18 Å². The third-order valence-electron chi connectivity index (χ3n) is 1.95. The number of unbranched alkanes of at least 4 members (excludes halogenated alkanes) is 1. The van der Waals surface area contributed by atoms with Crippen LogP contribution < -0.4 is 4.74 Å². The first-order valence-electron chi connectivity index (χ1n) is 4.83. The minimum atomic E-state index is -0.626. The number of hydrogen-bond acceptors (Lipinski definition) is 2. The number of benzene rings is 1. The Kier molecular flexibility index (Phi) is 5.56. The number of alkyl halides is 1. The van der Waals surface area contributed by atoms with Gasteiger partial charge in [0.05, 0.1) is 23.9 Å². The molecule has 0 bridgehead atoms. The zero-order chi connectivity index (χ0) is 12.0. The molecule has 1 aromatic rings. The molecule has 0 atom stereocenters. The molecule has 0 amide bonds. The molecule has 0 aliphatic carbocycles. The molecule has 0 unspecified atom stereocenters. The largest absolute Gasteiger partial charge is 0.494 e. The van der Waals surface area contributed by atoms with E-state index in [-0.39, 0.29) is 17.3 Å². The average Bonchev–Trinajstić information content (AvgIpc) is 2.26. The maximum absolute atomic E-state index is 11.8. The molecule has 0 heterocycles. The zero-order valence-electron chi connectivity index (χ0n) is 8.51. The second kappa shape index (κ2) is 6.71. The lowest BCUT2D eigenvalue weighted by atomic mass is 10.2. The summed E-state index contributed by atoms with van der Waals surface area (Å²) in [5, 5.41) is -0.338. The maximum Gasteiger partial charge on any atom is 0.254 e. The van der Waals surface area contributed by atoms with Crippen LogP contribution in [0.2, 0.25) is 5.02 Å². The molecule has 0 N–H and O–H groups in total.